The van der Waals surface area contributed by atoms with Crippen LogP contribution >= 0.6 is 15.9 Å². The fraction of sp³-hybridized carbons (Fsp3) is 1.00. The molecule has 0 bridgehead atoms. The minimum Gasteiger partial charge on any atom is -0.381 e. The summed E-state index contributed by atoms with van der Waals surface area (Å²) >= 11 is 3.69. The van der Waals surface area contributed by atoms with Crippen LogP contribution in [-0.4, -0.2) is 26.6 Å². The lowest BCUT2D eigenvalue weighted by Gasteiger charge is -2.39. The molecule has 0 unspecified atom stereocenters. The quantitative estimate of drug-likeness (QED) is 0.560. The molecule has 1 saturated heterocycles. The molecule has 0 aromatic heterocycles. The number of alkyl halides is 1. The first kappa shape index (κ1) is 11.7. The van der Waals surface area contributed by atoms with Crippen LogP contribution in [0.4, 0.5) is 0 Å². The molecule has 0 amide bonds. The number of hydrogen-bond donors (Lipinski definition) is 0. The Bertz CT molecular complexity index is 159. The van der Waals surface area contributed by atoms with E-state index in [4.69, 9.17) is 4.74 Å². The molecule has 0 atom stereocenters. The summed E-state index contributed by atoms with van der Waals surface area (Å²) in [5, 5.41) is 1.16. The first-order valence-electron chi connectivity index (χ1n) is 5.11. The van der Waals surface area contributed by atoms with E-state index in [2.05, 4.69) is 35.6 Å². The monoisotopic (exact) mass is 264 g/mol. The van der Waals surface area contributed by atoms with E-state index < -0.39 is 8.07 Å². The molecule has 1 aliphatic heterocycles. The van der Waals surface area contributed by atoms with Crippen molar-refractivity contribution >= 4 is 24.0 Å². The van der Waals surface area contributed by atoms with Crippen molar-refractivity contribution in [1.82, 2.24) is 0 Å². The molecule has 1 fully saturated rings. The second-order valence-electron chi connectivity index (χ2n) is 5.48. The molecule has 0 aromatic rings. The molecule has 0 N–H and O–H groups in total. The fourth-order valence-electron chi connectivity index (χ4n) is 2.29. The van der Waals surface area contributed by atoms with Crippen LogP contribution in [0, 0.1) is 5.41 Å². The largest absolute Gasteiger partial charge is 0.381 e. The van der Waals surface area contributed by atoms with Gasteiger partial charge in [-0.1, -0.05) is 41.6 Å². The van der Waals surface area contributed by atoms with Gasteiger partial charge < -0.3 is 4.74 Å². The van der Waals surface area contributed by atoms with Crippen molar-refractivity contribution in [3.05, 3.63) is 0 Å². The van der Waals surface area contributed by atoms with E-state index in [-0.39, 0.29) is 0 Å². The molecule has 3 heteroatoms. The highest BCUT2D eigenvalue weighted by Crippen LogP contribution is 2.40. The zero-order valence-electron chi connectivity index (χ0n) is 9.03. The maximum atomic E-state index is 5.44. The van der Waals surface area contributed by atoms with Crippen molar-refractivity contribution in [1.29, 1.82) is 0 Å². The molecular weight excluding hydrogens is 244 g/mol. The van der Waals surface area contributed by atoms with Gasteiger partial charge in [0.1, 0.15) is 0 Å². The summed E-state index contributed by atoms with van der Waals surface area (Å²) in [6, 6.07) is 1.44. The van der Waals surface area contributed by atoms with Crippen LogP contribution in [0.15, 0.2) is 0 Å². The Balaban J connectivity index is 2.57. The summed E-state index contributed by atoms with van der Waals surface area (Å²) < 4.78 is 5.44. The molecule has 1 heterocycles. The van der Waals surface area contributed by atoms with Gasteiger partial charge in [0.2, 0.25) is 0 Å². The number of rotatable bonds is 3. The van der Waals surface area contributed by atoms with Gasteiger partial charge in [-0.3, -0.25) is 0 Å². The summed E-state index contributed by atoms with van der Waals surface area (Å²) in [7, 11) is -0.923. The van der Waals surface area contributed by atoms with Crippen molar-refractivity contribution in [2.75, 3.05) is 18.5 Å². The smallest absolute Gasteiger partial charge is 0.0471 e. The lowest BCUT2D eigenvalue weighted by Crippen LogP contribution is -2.38. The van der Waals surface area contributed by atoms with Gasteiger partial charge in [-0.05, 0) is 18.3 Å². The molecule has 1 rings (SSSR count). The van der Waals surface area contributed by atoms with Gasteiger partial charge in [0, 0.05) is 26.6 Å². The van der Waals surface area contributed by atoms with Crippen molar-refractivity contribution in [2.24, 2.45) is 5.41 Å². The predicted molar refractivity (Wildman–Crippen MR) is 64.4 cm³/mol. The van der Waals surface area contributed by atoms with Gasteiger partial charge in [-0.2, -0.15) is 0 Å². The van der Waals surface area contributed by atoms with E-state index in [0.29, 0.717) is 5.41 Å². The average Bonchev–Trinajstić information content (AvgIpc) is 2.03. The third-order valence-corrected chi connectivity index (χ3v) is 5.74. The van der Waals surface area contributed by atoms with Crippen LogP contribution in [0.25, 0.3) is 0 Å². The van der Waals surface area contributed by atoms with Crippen LogP contribution < -0.4 is 0 Å². The Hall–Kier alpha value is 0.657. The lowest BCUT2D eigenvalue weighted by molar-refractivity contribution is 0.0348. The highest BCUT2D eigenvalue weighted by atomic mass is 79.9. The molecule has 0 aromatic carbocycles. The normalized spacial score (nSPS) is 23.1. The van der Waals surface area contributed by atoms with Crippen LogP contribution in [0.2, 0.25) is 25.7 Å². The Labute approximate surface area is 91.4 Å². The van der Waals surface area contributed by atoms with E-state index in [0.717, 1.165) is 18.5 Å². The summed E-state index contributed by atoms with van der Waals surface area (Å²) in [5.74, 6) is 0. The van der Waals surface area contributed by atoms with Gasteiger partial charge >= 0.3 is 0 Å². The van der Waals surface area contributed by atoms with Gasteiger partial charge in [0.15, 0.2) is 0 Å². The van der Waals surface area contributed by atoms with E-state index in [1.54, 1.807) is 0 Å². The average molecular weight is 265 g/mol. The van der Waals surface area contributed by atoms with Gasteiger partial charge in [-0.25, -0.2) is 0 Å². The number of ether oxygens (including phenoxy) is 1. The fourth-order valence-corrected chi connectivity index (χ4v) is 6.14. The van der Waals surface area contributed by atoms with E-state index >= 15 is 0 Å². The number of halogens is 1. The SMILES string of the molecule is C[Si](C)(C)CC1(CBr)CCOCC1. The minimum absolute atomic E-state index is 0.558. The summed E-state index contributed by atoms with van der Waals surface area (Å²) in [4.78, 5) is 0. The van der Waals surface area contributed by atoms with Crippen molar-refractivity contribution in [2.45, 2.75) is 38.5 Å². The first-order chi connectivity index (χ1) is 5.97. The molecule has 0 aliphatic carbocycles. The molecule has 0 spiro atoms. The minimum atomic E-state index is -0.923. The molecule has 0 radical (unpaired) electrons. The number of hydrogen-bond acceptors (Lipinski definition) is 1. The van der Waals surface area contributed by atoms with Crippen LogP contribution in [0.1, 0.15) is 12.8 Å². The van der Waals surface area contributed by atoms with E-state index in [1.807, 2.05) is 0 Å². The molecule has 78 valence electrons. The topological polar surface area (TPSA) is 9.23 Å². The standard InChI is InChI=1S/C10H21BrOSi/c1-13(2,3)9-10(8-11)4-6-12-7-5-10/h4-9H2,1-3H3. The van der Waals surface area contributed by atoms with Crippen LogP contribution in [0.5, 0.6) is 0 Å². The molecule has 0 saturated carbocycles. The van der Waals surface area contributed by atoms with Gasteiger partial charge in [0.05, 0.1) is 0 Å². The molecule has 1 aliphatic rings. The van der Waals surface area contributed by atoms with Crippen LogP contribution in [0.3, 0.4) is 0 Å². The Morgan fingerprint density at radius 3 is 2.15 bits per heavy atom. The summed E-state index contributed by atoms with van der Waals surface area (Å²) in [6.07, 6.45) is 2.50. The second kappa shape index (κ2) is 4.45. The molecular formula is C10H21BrOSi. The summed E-state index contributed by atoms with van der Waals surface area (Å²) in [6.45, 7) is 9.33. The van der Waals surface area contributed by atoms with Gasteiger partial charge in [-0.15, -0.1) is 0 Å². The zero-order valence-corrected chi connectivity index (χ0v) is 11.6. The third kappa shape index (κ3) is 3.72. The lowest BCUT2D eigenvalue weighted by atomic mass is 9.84. The molecule has 1 nitrogen and oxygen atoms in total. The predicted octanol–water partition coefficient (Wildman–Crippen LogP) is 3.52. The van der Waals surface area contributed by atoms with Crippen LogP contribution in [-0.2, 0) is 4.74 Å². The highest BCUT2D eigenvalue weighted by Gasteiger charge is 2.35. The second-order valence-corrected chi connectivity index (χ2v) is 11.5. The Kier molecular flexibility index (Phi) is 4.02. The maximum absolute atomic E-state index is 5.44. The molecule has 13 heavy (non-hydrogen) atoms. The first-order valence-corrected chi connectivity index (χ1v) is 9.94. The van der Waals surface area contributed by atoms with E-state index in [9.17, 15) is 0 Å². The highest BCUT2D eigenvalue weighted by molar-refractivity contribution is 9.09. The zero-order chi connectivity index (χ0) is 9.95. The van der Waals surface area contributed by atoms with Crippen molar-refractivity contribution in [3.8, 4) is 0 Å². The summed E-state index contributed by atoms with van der Waals surface area (Å²) in [5.41, 5.74) is 0.558. The van der Waals surface area contributed by atoms with E-state index in [1.165, 1.54) is 18.9 Å². The Morgan fingerprint density at radius 1 is 1.23 bits per heavy atom. The maximum Gasteiger partial charge on any atom is 0.0471 e. The van der Waals surface area contributed by atoms with Crippen molar-refractivity contribution < 1.29 is 4.74 Å². The van der Waals surface area contributed by atoms with Gasteiger partial charge in [0.25, 0.3) is 0 Å². The Morgan fingerprint density at radius 2 is 1.77 bits per heavy atom. The van der Waals surface area contributed by atoms with Crippen molar-refractivity contribution in [3.63, 3.8) is 0 Å². The third-order valence-electron chi connectivity index (χ3n) is 2.74.